The van der Waals surface area contributed by atoms with Crippen LogP contribution in [0.1, 0.15) is 11.7 Å². The third-order valence-electron chi connectivity index (χ3n) is 2.95. The van der Waals surface area contributed by atoms with E-state index in [2.05, 4.69) is 0 Å². The number of rotatable bonds is 6. The molecule has 4 heteroatoms. The Hall–Kier alpha value is -2.20. The minimum absolute atomic E-state index is 0.180. The van der Waals surface area contributed by atoms with E-state index in [9.17, 15) is 5.11 Å². The van der Waals surface area contributed by atoms with E-state index in [0.29, 0.717) is 11.5 Å². The molecule has 1 unspecified atom stereocenters. The second-order valence-electron chi connectivity index (χ2n) is 4.28. The molecule has 0 fully saturated rings. The van der Waals surface area contributed by atoms with Gasteiger partial charge in [-0.05, 0) is 42.0 Å². The fourth-order valence-electron chi connectivity index (χ4n) is 1.79. The first-order valence-corrected chi connectivity index (χ1v) is 6.32. The van der Waals surface area contributed by atoms with E-state index in [-0.39, 0.29) is 6.61 Å². The number of ether oxygens (including phenoxy) is 3. The van der Waals surface area contributed by atoms with Gasteiger partial charge in [0.1, 0.15) is 30.0 Å². The fraction of sp³-hybridized carbons (Fsp3) is 0.250. The Kier molecular flexibility index (Phi) is 4.85. The second-order valence-corrected chi connectivity index (χ2v) is 4.28. The number of aliphatic hydroxyl groups excluding tert-OH is 1. The highest BCUT2D eigenvalue weighted by molar-refractivity contribution is 5.32. The predicted octanol–water partition coefficient (Wildman–Crippen LogP) is 2.82. The Labute approximate surface area is 118 Å². The standard InChI is InChI=1S/C16H18O4/c1-18-13-6-8-14(9-7-13)20-11-16(17)12-4-3-5-15(10-12)19-2/h3-10,16-17H,11H2,1-2H3. The highest BCUT2D eigenvalue weighted by Crippen LogP contribution is 2.21. The minimum atomic E-state index is -0.702. The fourth-order valence-corrected chi connectivity index (χ4v) is 1.79. The van der Waals surface area contributed by atoms with Gasteiger partial charge >= 0.3 is 0 Å². The molecular formula is C16H18O4. The molecule has 0 saturated carbocycles. The first-order valence-electron chi connectivity index (χ1n) is 6.32. The number of hydrogen-bond donors (Lipinski definition) is 1. The van der Waals surface area contributed by atoms with Crippen molar-refractivity contribution in [2.75, 3.05) is 20.8 Å². The van der Waals surface area contributed by atoms with E-state index in [4.69, 9.17) is 14.2 Å². The van der Waals surface area contributed by atoms with Crippen LogP contribution in [0.5, 0.6) is 17.2 Å². The van der Waals surface area contributed by atoms with Crippen molar-refractivity contribution in [1.29, 1.82) is 0 Å². The Morgan fingerprint density at radius 1 is 0.900 bits per heavy atom. The second kappa shape index (κ2) is 6.82. The molecule has 0 aliphatic carbocycles. The SMILES string of the molecule is COc1ccc(OCC(O)c2cccc(OC)c2)cc1. The average molecular weight is 274 g/mol. The van der Waals surface area contributed by atoms with Crippen LogP contribution < -0.4 is 14.2 Å². The van der Waals surface area contributed by atoms with Crippen LogP contribution in [-0.2, 0) is 0 Å². The van der Waals surface area contributed by atoms with E-state index in [1.807, 2.05) is 30.3 Å². The molecule has 2 aromatic carbocycles. The molecule has 20 heavy (non-hydrogen) atoms. The molecule has 1 atom stereocenters. The zero-order chi connectivity index (χ0) is 14.4. The van der Waals surface area contributed by atoms with Crippen LogP contribution in [0.15, 0.2) is 48.5 Å². The number of methoxy groups -OCH3 is 2. The van der Waals surface area contributed by atoms with Crippen LogP contribution in [0.2, 0.25) is 0 Å². The molecule has 0 amide bonds. The summed E-state index contributed by atoms with van der Waals surface area (Å²) in [5.74, 6) is 2.17. The van der Waals surface area contributed by atoms with E-state index >= 15 is 0 Å². The van der Waals surface area contributed by atoms with Gasteiger partial charge < -0.3 is 19.3 Å². The zero-order valence-corrected chi connectivity index (χ0v) is 11.6. The quantitative estimate of drug-likeness (QED) is 0.880. The maximum absolute atomic E-state index is 10.1. The molecule has 0 aromatic heterocycles. The predicted molar refractivity (Wildman–Crippen MR) is 76.4 cm³/mol. The van der Waals surface area contributed by atoms with E-state index in [1.165, 1.54) is 0 Å². The highest BCUT2D eigenvalue weighted by atomic mass is 16.5. The van der Waals surface area contributed by atoms with Crippen LogP contribution in [0, 0.1) is 0 Å². The van der Waals surface area contributed by atoms with Gasteiger partial charge in [0.05, 0.1) is 14.2 Å². The highest BCUT2D eigenvalue weighted by Gasteiger charge is 2.09. The molecular weight excluding hydrogens is 256 g/mol. The average Bonchev–Trinajstić information content (AvgIpc) is 2.53. The number of aliphatic hydroxyl groups is 1. The molecule has 0 aliphatic heterocycles. The van der Waals surface area contributed by atoms with Gasteiger partial charge in [0.2, 0.25) is 0 Å². The van der Waals surface area contributed by atoms with Gasteiger partial charge in [-0.1, -0.05) is 12.1 Å². The van der Waals surface area contributed by atoms with Crippen LogP contribution >= 0.6 is 0 Å². The smallest absolute Gasteiger partial charge is 0.119 e. The summed E-state index contributed by atoms with van der Waals surface area (Å²) in [5.41, 5.74) is 0.762. The number of hydrogen-bond acceptors (Lipinski definition) is 4. The molecule has 0 aliphatic rings. The van der Waals surface area contributed by atoms with Crippen molar-refractivity contribution in [3.05, 3.63) is 54.1 Å². The Morgan fingerprint density at radius 2 is 1.55 bits per heavy atom. The lowest BCUT2D eigenvalue weighted by atomic mass is 10.1. The third-order valence-corrected chi connectivity index (χ3v) is 2.95. The summed E-state index contributed by atoms with van der Waals surface area (Å²) in [6.45, 7) is 0.180. The molecule has 106 valence electrons. The van der Waals surface area contributed by atoms with Crippen LogP contribution in [0.3, 0.4) is 0 Å². The molecule has 2 aromatic rings. The van der Waals surface area contributed by atoms with Crippen molar-refractivity contribution in [3.8, 4) is 17.2 Å². The molecule has 2 rings (SSSR count). The summed E-state index contributed by atoms with van der Waals surface area (Å²) in [4.78, 5) is 0. The van der Waals surface area contributed by atoms with Crippen molar-refractivity contribution in [1.82, 2.24) is 0 Å². The van der Waals surface area contributed by atoms with Gasteiger partial charge in [-0.15, -0.1) is 0 Å². The Morgan fingerprint density at radius 3 is 2.20 bits per heavy atom. The van der Waals surface area contributed by atoms with Crippen molar-refractivity contribution in [3.63, 3.8) is 0 Å². The summed E-state index contributed by atoms with van der Waals surface area (Å²) in [7, 11) is 3.21. The molecule has 0 heterocycles. The third kappa shape index (κ3) is 3.65. The van der Waals surface area contributed by atoms with Gasteiger partial charge in [0.25, 0.3) is 0 Å². The van der Waals surface area contributed by atoms with Gasteiger partial charge in [-0.2, -0.15) is 0 Å². The van der Waals surface area contributed by atoms with E-state index in [1.54, 1.807) is 32.4 Å². The largest absolute Gasteiger partial charge is 0.497 e. The maximum Gasteiger partial charge on any atom is 0.119 e. The van der Waals surface area contributed by atoms with Crippen molar-refractivity contribution < 1.29 is 19.3 Å². The summed E-state index contributed by atoms with van der Waals surface area (Å²) >= 11 is 0. The van der Waals surface area contributed by atoms with Crippen molar-refractivity contribution in [2.45, 2.75) is 6.10 Å². The van der Waals surface area contributed by atoms with Gasteiger partial charge in [-0.3, -0.25) is 0 Å². The monoisotopic (exact) mass is 274 g/mol. The first-order chi connectivity index (χ1) is 9.72. The Balaban J connectivity index is 1.95. The minimum Gasteiger partial charge on any atom is -0.497 e. The summed E-state index contributed by atoms with van der Waals surface area (Å²) in [6.07, 6.45) is -0.702. The topological polar surface area (TPSA) is 47.9 Å². The van der Waals surface area contributed by atoms with E-state index < -0.39 is 6.10 Å². The lowest BCUT2D eigenvalue weighted by Crippen LogP contribution is -2.09. The van der Waals surface area contributed by atoms with Crippen LogP contribution in [-0.4, -0.2) is 25.9 Å². The maximum atomic E-state index is 10.1. The number of benzene rings is 2. The van der Waals surface area contributed by atoms with Crippen molar-refractivity contribution >= 4 is 0 Å². The van der Waals surface area contributed by atoms with E-state index in [0.717, 1.165) is 11.3 Å². The molecule has 4 nitrogen and oxygen atoms in total. The van der Waals surface area contributed by atoms with Crippen molar-refractivity contribution in [2.24, 2.45) is 0 Å². The molecule has 1 N–H and O–H groups in total. The Bertz CT molecular complexity index is 536. The van der Waals surface area contributed by atoms with Gasteiger partial charge in [0.15, 0.2) is 0 Å². The molecule has 0 bridgehead atoms. The van der Waals surface area contributed by atoms with Gasteiger partial charge in [-0.25, -0.2) is 0 Å². The summed E-state index contributed by atoms with van der Waals surface area (Å²) in [6, 6.07) is 14.5. The van der Waals surface area contributed by atoms with Gasteiger partial charge in [0, 0.05) is 0 Å². The molecule has 0 spiro atoms. The van der Waals surface area contributed by atoms with Crippen LogP contribution in [0.4, 0.5) is 0 Å². The molecule has 0 saturated heterocycles. The first kappa shape index (κ1) is 14.2. The lowest BCUT2D eigenvalue weighted by molar-refractivity contribution is 0.108. The lowest BCUT2D eigenvalue weighted by Gasteiger charge is -2.13. The molecule has 0 radical (unpaired) electrons. The summed E-state index contributed by atoms with van der Waals surface area (Å²) < 4.78 is 15.7. The zero-order valence-electron chi connectivity index (χ0n) is 11.6. The van der Waals surface area contributed by atoms with Crippen LogP contribution in [0.25, 0.3) is 0 Å². The normalized spacial score (nSPS) is 11.8. The summed E-state index contributed by atoms with van der Waals surface area (Å²) in [5, 5.41) is 10.1.